The van der Waals surface area contributed by atoms with Gasteiger partial charge in [0.15, 0.2) is 0 Å². The largest absolute Gasteiger partial charge is 0.467 e. The van der Waals surface area contributed by atoms with Gasteiger partial charge in [-0.05, 0) is 32.9 Å². The lowest BCUT2D eigenvalue weighted by Crippen LogP contribution is -2.31. The molecule has 0 radical (unpaired) electrons. The molecule has 0 spiro atoms. The number of carbonyl (C=O) groups excluding carboxylic acids is 2. The number of carbonyl (C=O) groups is 2. The molecule has 0 saturated heterocycles. The molecule has 0 bridgehead atoms. The zero-order valence-electron chi connectivity index (χ0n) is 12.2. The van der Waals surface area contributed by atoms with Crippen molar-refractivity contribution < 1.29 is 18.7 Å². The second-order valence-corrected chi connectivity index (χ2v) is 4.62. The topological polar surface area (TPSA) is 59.8 Å². The van der Waals surface area contributed by atoms with Gasteiger partial charge in [-0.25, -0.2) is 0 Å². The Balaban J connectivity index is 2.66. The van der Waals surface area contributed by atoms with E-state index in [1.165, 1.54) is 0 Å². The number of esters is 1. The van der Waals surface area contributed by atoms with Crippen LogP contribution in [0.2, 0.25) is 0 Å². The average Bonchev–Trinajstić information content (AvgIpc) is 2.86. The molecule has 1 aromatic heterocycles. The Kier molecular flexibility index (Phi) is 6.56. The quantitative estimate of drug-likeness (QED) is 0.568. The van der Waals surface area contributed by atoms with Gasteiger partial charge >= 0.3 is 5.97 Å². The first-order chi connectivity index (χ1) is 9.52. The minimum atomic E-state index is -0.304. The highest BCUT2D eigenvalue weighted by Crippen LogP contribution is 2.08. The van der Waals surface area contributed by atoms with Crippen molar-refractivity contribution in [3.05, 3.63) is 35.8 Å². The van der Waals surface area contributed by atoms with Crippen molar-refractivity contribution in [1.29, 1.82) is 0 Å². The highest BCUT2D eigenvalue weighted by Gasteiger charge is 2.15. The third kappa shape index (κ3) is 5.73. The second-order valence-electron chi connectivity index (χ2n) is 4.62. The lowest BCUT2D eigenvalue weighted by molar-refractivity contribution is -0.143. The maximum absolute atomic E-state index is 12.1. The van der Waals surface area contributed by atoms with Gasteiger partial charge in [0.2, 0.25) is 5.91 Å². The zero-order valence-corrected chi connectivity index (χ0v) is 12.2. The van der Waals surface area contributed by atoms with Gasteiger partial charge < -0.3 is 14.1 Å². The molecule has 0 atom stereocenters. The number of amides is 1. The van der Waals surface area contributed by atoms with Gasteiger partial charge in [-0.1, -0.05) is 5.57 Å². The monoisotopic (exact) mass is 279 g/mol. The minimum absolute atomic E-state index is 0.134. The third-order valence-electron chi connectivity index (χ3n) is 2.54. The summed E-state index contributed by atoms with van der Waals surface area (Å²) in [7, 11) is 0. The summed E-state index contributed by atoms with van der Waals surface area (Å²) < 4.78 is 10.1. The number of ether oxygens (including phenoxy) is 1. The Morgan fingerprint density at radius 2 is 2.15 bits per heavy atom. The number of hydrogen-bond acceptors (Lipinski definition) is 4. The van der Waals surface area contributed by atoms with E-state index in [0.717, 1.165) is 5.57 Å². The first-order valence-electron chi connectivity index (χ1n) is 6.64. The molecule has 0 N–H and O–H groups in total. The number of nitrogens with zero attached hydrogens (tertiary/aromatic N) is 1. The molecular formula is C15H21NO4. The fourth-order valence-electron chi connectivity index (χ4n) is 1.66. The molecule has 5 nitrogen and oxygen atoms in total. The van der Waals surface area contributed by atoms with E-state index in [4.69, 9.17) is 9.15 Å². The smallest absolute Gasteiger partial charge is 0.307 e. The Bertz CT molecular complexity index is 458. The molecule has 1 amide bonds. The molecule has 0 saturated carbocycles. The van der Waals surface area contributed by atoms with E-state index in [2.05, 4.69) is 0 Å². The van der Waals surface area contributed by atoms with Gasteiger partial charge in [0.1, 0.15) is 5.76 Å². The van der Waals surface area contributed by atoms with Crippen molar-refractivity contribution in [2.75, 3.05) is 13.2 Å². The number of allylic oxidation sites excluding steroid dienone is 1. The Morgan fingerprint density at radius 3 is 2.70 bits per heavy atom. The maximum atomic E-state index is 12.1. The van der Waals surface area contributed by atoms with Crippen molar-refractivity contribution in [1.82, 2.24) is 4.90 Å². The fraction of sp³-hybridized carbons (Fsp3) is 0.467. The first-order valence-corrected chi connectivity index (χ1v) is 6.64. The molecule has 20 heavy (non-hydrogen) atoms. The van der Waals surface area contributed by atoms with Crippen LogP contribution in [0.25, 0.3) is 0 Å². The molecule has 110 valence electrons. The number of rotatable bonds is 7. The summed E-state index contributed by atoms with van der Waals surface area (Å²) >= 11 is 0. The van der Waals surface area contributed by atoms with E-state index in [9.17, 15) is 9.59 Å². The van der Waals surface area contributed by atoms with E-state index in [1.807, 2.05) is 13.8 Å². The summed E-state index contributed by atoms with van der Waals surface area (Å²) in [6.07, 6.45) is 3.29. The molecule has 0 aliphatic heterocycles. The van der Waals surface area contributed by atoms with Gasteiger partial charge in [0, 0.05) is 12.6 Å². The molecular weight excluding hydrogens is 258 g/mol. The standard InChI is InChI=1S/C15H21NO4/c1-4-19-15(18)7-8-16(14(17)10-12(2)3)11-13-6-5-9-20-13/h5-6,9-10H,4,7-8,11H2,1-3H3. The molecule has 0 fully saturated rings. The summed E-state index contributed by atoms with van der Waals surface area (Å²) in [6, 6.07) is 3.57. The lowest BCUT2D eigenvalue weighted by Gasteiger charge is -2.20. The molecule has 0 aromatic carbocycles. The van der Waals surface area contributed by atoms with Crippen LogP contribution in [0.5, 0.6) is 0 Å². The van der Waals surface area contributed by atoms with Gasteiger partial charge in [-0.2, -0.15) is 0 Å². The van der Waals surface area contributed by atoms with Crippen molar-refractivity contribution in [3.63, 3.8) is 0 Å². The fourth-order valence-corrected chi connectivity index (χ4v) is 1.66. The summed E-state index contributed by atoms with van der Waals surface area (Å²) in [4.78, 5) is 25.1. The second kappa shape index (κ2) is 8.19. The average molecular weight is 279 g/mol. The number of furan rings is 1. The van der Waals surface area contributed by atoms with Crippen LogP contribution in [0.3, 0.4) is 0 Å². The Labute approximate surface area is 119 Å². The molecule has 1 heterocycles. The molecule has 0 aliphatic carbocycles. The van der Waals surface area contributed by atoms with Crippen LogP contribution in [0.1, 0.15) is 33.0 Å². The van der Waals surface area contributed by atoms with Gasteiger partial charge in [-0.3, -0.25) is 9.59 Å². The predicted octanol–water partition coefficient (Wildman–Crippen LogP) is 2.53. The highest BCUT2D eigenvalue weighted by molar-refractivity contribution is 5.88. The minimum Gasteiger partial charge on any atom is -0.467 e. The number of hydrogen-bond donors (Lipinski definition) is 0. The maximum Gasteiger partial charge on any atom is 0.307 e. The first kappa shape index (κ1) is 16.0. The van der Waals surface area contributed by atoms with Gasteiger partial charge in [0.05, 0.1) is 25.8 Å². The Morgan fingerprint density at radius 1 is 1.40 bits per heavy atom. The van der Waals surface area contributed by atoms with Crippen LogP contribution in [-0.4, -0.2) is 29.9 Å². The third-order valence-corrected chi connectivity index (χ3v) is 2.54. The molecule has 1 rings (SSSR count). The van der Waals surface area contributed by atoms with Crippen LogP contribution in [-0.2, 0) is 20.9 Å². The van der Waals surface area contributed by atoms with Crippen LogP contribution < -0.4 is 0 Å². The van der Waals surface area contributed by atoms with E-state index in [1.54, 1.807) is 36.3 Å². The summed E-state index contributed by atoms with van der Waals surface area (Å²) in [6.45, 7) is 6.46. The van der Waals surface area contributed by atoms with Crippen LogP contribution in [0.4, 0.5) is 0 Å². The highest BCUT2D eigenvalue weighted by atomic mass is 16.5. The SMILES string of the molecule is CCOC(=O)CCN(Cc1ccco1)C(=O)C=C(C)C. The van der Waals surface area contributed by atoms with Crippen LogP contribution in [0.15, 0.2) is 34.5 Å². The van der Waals surface area contributed by atoms with Gasteiger partial charge in [0.25, 0.3) is 0 Å². The van der Waals surface area contributed by atoms with Crippen molar-refractivity contribution in [2.45, 2.75) is 33.7 Å². The Hall–Kier alpha value is -2.04. The molecule has 0 unspecified atom stereocenters. The zero-order chi connectivity index (χ0) is 15.0. The van der Waals surface area contributed by atoms with Crippen molar-refractivity contribution in [3.8, 4) is 0 Å². The summed E-state index contributed by atoms with van der Waals surface area (Å²) in [5, 5.41) is 0. The molecule has 5 heteroatoms. The summed E-state index contributed by atoms with van der Waals surface area (Å²) in [5.41, 5.74) is 0.913. The van der Waals surface area contributed by atoms with Crippen LogP contribution >= 0.6 is 0 Å². The van der Waals surface area contributed by atoms with Gasteiger partial charge in [-0.15, -0.1) is 0 Å². The normalized spacial score (nSPS) is 9.95. The molecule has 1 aromatic rings. The van der Waals surface area contributed by atoms with E-state index in [0.29, 0.717) is 25.5 Å². The van der Waals surface area contributed by atoms with Crippen LogP contribution in [0, 0.1) is 0 Å². The van der Waals surface area contributed by atoms with Crippen molar-refractivity contribution in [2.24, 2.45) is 0 Å². The van der Waals surface area contributed by atoms with E-state index >= 15 is 0 Å². The predicted molar refractivity (Wildman–Crippen MR) is 74.8 cm³/mol. The molecule has 0 aliphatic rings. The van der Waals surface area contributed by atoms with E-state index in [-0.39, 0.29) is 18.3 Å². The summed E-state index contributed by atoms with van der Waals surface area (Å²) in [5.74, 6) is 0.247. The van der Waals surface area contributed by atoms with Crippen molar-refractivity contribution >= 4 is 11.9 Å². The van der Waals surface area contributed by atoms with E-state index < -0.39 is 0 Å². The lowest BCUT2D eigenvalue weighted by atomic mass is 10.2.